The third-order valence-corrected chi connectivity index (χ3v) is 3.02. The van der Waals surface area contributed by atoms with Crippen molar-refractivity contribution in [2.45, 2.75) is 0 Å². The van der Waals surface area contributed by atoms with Gasteiger partial charge in [0.1, 0.15) is 17.1 Å². The lowest BCUT2D eigenvalue weighted by Gasteiger charge is -2.09. The number of hydrogen-bond acceptors (Lipinski definition) is 5. The Morgan fingerprint density at radius 1 is 1.30 bits per heavy atom. The summed E-state index contributed by atoms with van der Waals surface area (Å²) in [6.07, 6.45) is 1.19. The van der Waals surface area contributed by atoms with Gasteiger partial charge in [0.15, 0.2) is 17.6 Å². The number of nitrogens with one attached hydrogen (secondary N) is 1. The number of nitrogens with two attached hydrogens (primary N) is 1. The van der Waals surface area contributed by atoms with Crippen LogP contribution in [0.25, 0.3) is 0 Å². The molecule has 0 saturated carbocycles. The third kappa shape index (κ3) is 3.49. The number of carbonyl (C=O) groups excluding carboxylic acids is 1. The van der Waals surface area contributed by atoms with Crippen molar-refractivity contribution in [2.75, 3.05) is 17.7 Å². The Balaban J connectivity index is 1.96. The Morgan fingerprint density at radius 2 is 2.05 bits per heavy atom. The molecule has 104 valence electrons. The summed E-state index contributed by atoms with van der Waals surface area (Å²) in [6.45, 7) is -0.230. The van der Waals surface area contributed by atoms with Crippen LogP contribution >= 0.6 is 23.2 Å². The molecule has 0 bridgehead atoms. The molecule has 0 atom stereocenters. The molecular formula is C12H10Cl2N4O2. The van der Waals surface area contributed by atoms with Crippen LogP contribution in [0.15, 0.2) is 30.6 Å². The van der Waals surface area contributed by atoms with Crippen molar-refractivity contribution >= 4 is 40.6 Å². The first-order chi connectivity index (χ1) is 9.58. The molecule has 0 aliphatic heterocycles. The zero-order valence-electron chi connectivity index (χ0n) is 10.1. The predicted molar refractivity (Wildman–Crippen MR) is 77.0 cm³/mol. The topological polar surface area (TPSA) is 90.1 Å². The summed E-state index contributed by atoms with van der Waals surface area (Å²) in [5.41, 5.74) is 6.14. The van der Waals surface area contributed by atoms with Gasteiger partial charge in [-0.25, -0.2) is 9.97 Å². The summed E-state index contributed by atoms with van der Waals surface area (Å²) in [5, 5.41) is 2.60. The summed E-state index contributed by atoms with van der Waals surface area (Å²) in [5.74, 6) is 0.112. The number of rotatable bonds is 4. The van der Waals surface area contributed by atoms with E-state index in [0.717, 1.165) is 0 Å². The highest BCUT2D eigenvalue weighted by atomic mass is 35.5. The Morgan fingerprint density at radius 3 is 2.80 bits per heavy atom. The van der Waals surface area contributed by atoms with E-state index in [2.05, 4.69) is 15.3 Å². The van der Waals surface area contributed by atoms with E-state index in [9.17, 15) is 4.79 Å². The zero-order valence-corrected chi connectivity index (χ0v) is 11.6. The molecule has 2 aromatic rings. The van der Waals surface area contributed by atoms with Gasteiger partial charge in [0.25, 0.3) is 5.91 Å². The first kappa shape index (κ1) is 14.4. The minimum absolute atomic E-state index is 0.0604. The fourth-order valence-corrected chi connectivity index (χ4v) is 1.64. The van der Waals surface area contributed by atoms with Crippen molar-refractivity contribution in [3.8, 4) is 5.75 Å². The lowest BCUT2D eigenvalue weighted by atomic mass is 10.3. The number of benzene rings is 1. The van der Waals surface area contributed by atoms with Gasteiger partial charge >= 0.3 is 0 Å². The van der Waals surface area contributed by atoms with Crippen LogP contribution in [0.5, 0.6) is 5.75 Å². The van der Waals surface area contributed by atoms with Crippen molar-refractivity contribution in [2.24, 2.45) is 0 Å². The van der Waals surface area contributed by atoms with Crippen LogP contribution in [0.1, 0.15) is 0 Å². The number of halogens is 2. The summed E-state index contributed by atoms with van der Waals surface area (Å²) in [6, 6.07) is 6.86. The molecule has 1 aromatic carbocycles. The van der Waals surface area contributed by atoms with Crippen molar-refractivity contribution in [3.63, 3.8) is 0 Å². The summed E-state index contributed by atoms with van der Waals surface area (Å²) >= 11 is 11.6. The van der Waals surface area contributed by atoms with Gasteiger partial charge in [-0.3, -0.25) is 4.79 Å². The maximum atomic E-state index is 11.7. The van der Waals surface area contributed by atoms with Crippen LogP contribution in [0.4, 0.5) is 11.5 Å². The molecule has 1 amide bonds. The predicted octanol–water partition coefficient (Wildman–Crippen LogP) is 2.38. The number of nitrogens with zero attached hydrogens (tertiary/aromatic N) is 2. The van der Waals surface area contributed by atoms with Crippen molar-refractivity contribution in [1.29, 1.82) is 0 Å². The first-order valence-corrected chi connectivity index (χ1v) is 6.26. The SMILES string of the molecule is Nc1ccccc1OCC(=O)Nc1ncnc(Cl)c1Cl. The van der Waals surface area contributed by atoms with Gasteiger partial charge in [-0.15, -0.1) is 0 Å². The summed E-state index contributed by atoms with van der Waals surface area (Å²) in [4.78, 5) is 19.2. The molecule has 1 aromatic heterocycles. The highest BCUT2D eigenvalue weighted by Gasteiger charge is 2.11. The summed E-state index contributed by atoms with van der Waals surface area (Å²) in [7, 11) is 0. The molecule has 0 aliphatic rings. The molecule has 0 unspecified atom stereocenters. The second kappa shape index (κ2) is 6.40. The van der Waals surface area contributed by atoms with Crippen LogP contribution in [-0.2, 0) is 4.79 Å². The van der Waals surface area contributed by atoms with E-state index in [0.29, 0.717) is 11.4 Å². The average molecular weight is 313 g/mol. The molecule has 0 aliphatic carbocycles. The van der Waals surface area contributed by atoms with Gasteiger partial charge in [-0.2, -0.15) is 0 Å². The smallest absolute Gasteiger partial charge is 0.263 e. The Hall–Kier alpha value is -2.05. The van der Waals surface area contributed by atoms with E-state index in [-0.39, 0.29) is 22.6 Å². The van der Waals surface area contributed by atoms with Crippen LogP contribution < -0.4 is 15.8 Å². The number of ether oxygens (including phenoxy) is 1. The molecule has 0 radical (unpaired) electrons. The molecule has 8 heteroatoms. The highest BCUT2D eigenvalue weighted by molar-refractivity contribution is 6.42. The summed E-state index contributed by atoms with van der Waals surface area (Å²) < 4.78 is 5.28. The second-order valence-electron chi connectivity index (χ2n) is 3.70. The molecule has 0 saturated heterocycles. The molecule has 0 spiro atoms. The number of nitrogen functional groups attached to an aromatic ring is 1. The maximum Gasteiger partial charge on any atom is 0.263 e. The van der Waals surface area contributed by atoms with Crippen LogP contribution in [0.3, 0.4) is 0 Å². The zero-order chi connectivity index (χ0) is 14.5. The quantitative estimate of drug-likeness (QED) is 0.668. The minimum atomic E-state index is -0.440. The standard InChI is InChI=1S/C12H10Cl2N4O2/c13-10-11(14)16-6-17-12(10)18-9(19)5-20-8-4-2-1-3-7(8)15/h1-4,6H,5,15H2,(H,16,17,18,19). The van der Waals surface area contributed by atoms with Crippen LogP contribution in [0, 0.1) is 0 Å². The van der Waals surface area contributed by atoms with Crippen molar-refractivity contribution < 1.29 is 9.53 Å². The van der Waals surface area contributed by atoms with Crippen LogP contribution in [0.2, 0.25) is 10.2 Å². The largest absolute Gasteiger partial charge is 0.482 e. The highest BCUT2D eigenvalue weighted by Crippen LogP contribution is 2.25. The fraction of sp³-hybridized carbons (Fsp3) is 0.0833. The molecular weight excluding hydrogens is 303 g/mol. The van der Waals surface area contributed by atoms with Crippen molar-refractivity contribution in [3.05, 3.63) is 40.8 Å². The Bertz CT molecular complexity index is 637. The third-order valence-electron chi connectivity index (χ3n) is 2.28. The van der Waals surface area contributed by atoms with E-state index < -0.39 is 5.91 Å². The van der Waals surface area contributed by atoms with Gasteiger partial charge in [0, 0.05) is 0 Å². The van der Waals surface area contributed by atoms with Crippen LogP contribution in [-0.4, -0.2) is 22.5 Å². The number of anilines is 2. The Kier molecular flexibility index (Phi) is 4.60. The lowest BCUT2D eigenvalue weighted by Crippen LogP contribution is -2.21. The first-order valence-electron chi connectivity index (χ1n) is 5.51. The van der Waals surface area contributed by atoms with Gasteiger partial charge in [0.05, 0.1) is 5.69 Å². The number of carbonyl (C=O) groups is 1. The average Bonchev–Trinajstić information content (AvgIpc) is 2.43. The van der Waals surface area contributed by atoms with E-state index in [1.54, 1.807) is 24.3 Å². The number of amides is 1. The van der Waals surface area contributed by atoms with E-state index in [1.165, 1.54) is 6.33 Å². The number of hydrogen-bond donors (Lipinski definition) is 2. The van der Waals surface area contributed by atoms with Gasteiger partial charge in [-0.05, 0) is 12.1 Å². The molecule has 3 N–H and O–H groups in total. The van der Waals surface area contributed by atoms with Gasteiger partial charge in [0.2, 0.25) is 0 Å². The number of aromatic nitrogens is 2. The van der Waals surface area contributed by atoms with E-state index >= 15 is 0 Å². The minimum Gasteiger partial charge on any atom is -0.482 e. The fourth-order valence-electron chi connectivity index (χ4n) is 1.36. The molecule has 0 fully saturated rings. The Labute approximate surface area is 124 Å². The maximum absolute atomic E-state index is 11.7. The normalized spacial score (nSPS) is 10.1. The molecule has 20 heavy (non-hydrogen) atoms. The molecule has 6 nitrogen and oxygen atoms in total. The van der Waals surface area contributed by atoms with E-state index in [4.69, 9.17) is 33.7 Å². The van der Waals surface area contributed by atoms with Crippen molar-refractivity contribution in [1.82, 2.24) is 9.97 Å². The lowest BCUT2D eigenvalue weighted by molar-refractivity contribution is -0.118. The number of para-hydroxylation sites is 2. The van der Waals surface area contributed by atoms with Gasteiger partial charge in [-0.1, -0.05) is 35.3 Å². The van der Waals surface area contributed by atoms with Gasteiger partial charge < -0.3 is 15.8 Å². The molecule has 1 heterocycles. The second-order valence-corrected chi connectivity index (χ2v) is 4.44. The molecule has 2 rings (SSSR count). The monoisotopic (exact) mass is 312 g/mol. The van der Waals surface area contributed by atoms with E-state index in [1.807, 2.05) is 0 Å².